The summed E-state index contributed by atoms with van der Waals surface area (Å²) in [5.41, 5.74) is -5.18. The lowest BCUT2D eigenvalue weighted by Crippen LogP contribution is -2.28. The number of nitrogens with one attached hydrogen (secondary N) is 1. The number of hydrogen-bond acceptors (Lipinski definition) is 3. The van der Waals surface area contributed by atoms with Crippen LogP contribution < -0.4 is 10.9 Å². The number of alkyl halides is 6. The van der Waals surface area contributed by atoms with Crippen LogP contribution in [0.15, 0.2) is 47.3 Å². The second-order valence-electron chi connectivity index (χ2n) is 8.06. The van der Waals surface area contributed by atoms with Gasteiger partial charge in [-0.2, -0.15) is 26.3 Å². The highest BCUT2D eigenvalue weighted by Crippen LogP contribution is 2.38. The van der Waals surface area contributed by atoms with Crippen LogP contribution in [-0.4, -0.2) is 22.1 Å². The molecule has 1 amide bonds. The van der Waals surface area contributed by atoms with E-state index in [1.807, 2.05) is 0 Å². The maximum atomic E-state index is 13.3. The highest BCUT2D eigenvalue weighted by molar-refractivity contribution is 6.42. The predicted molar refractivity (Wildman–Crippen MR) is 126 cm³/mol. The van der Waals surface area contributed by atoms with Crippen LogP contribution in [0, 0.1) is 0 Å². The van der Waals surface area contributed by atoms with Gasteiger partial charge in [0.25, 0.3) is 11.5 Å². The van der Waals surface area contributed by atoms with Crippen molar-refractivity contribution in [2.45, 2.75) is 25.2 Å². The van der Waals surface area contributed by atoms with Gasteiger partial charge in [-0.25, -0.2) is 0 Å². The third kappa shape index (κ3) is 6.58. The lowest BCUT2D eigenvalue weighted by atomic mass is 10.0. The Morgan fingerprint density at radius 2 is 1.54 bits per heavy atom. The van der Waals surface area contributed by atoms with Crippen LogP contribution in [0.4, 0.5) is 26.3 Å². The molecule has 2 N–H and O–H groups in total. The van der Waals surface area contributed by atoms with Crippen molar-refractivity contribution in [3.05, 3.63) is 85.1 Å². The fraction of sp³-hybridized carbons (Fsp3) is 0.250. The number of pyridine rings is 1. The van der Waals surface area contributed by atoms with E-state index in [1.54, 1.807) is 18.2 Å². The normalized spacial score (nSPS) is 12.0. The molecule has 0 saturated carbocycles. The molecule has 0 saturated heterocycles. The van der Waals surface area contributed by atoms with E-state index in [9.17, 15) is 41.0 Å². The van der Waals surface area contributed by atoms with Gasteiger partial charge in [0.1, 0.15) is 0 Å². The number of rotatable bonds is 6. The number of aromatic hydroxyl groups is 1. The third-order valence-corrected chi connectivity index (χ3v) is 6.18. The first-order chi connectivity index (χ1) is 17.1. The zero-order valence-electron chi connectivity index (χ0n) is 18.9. The van der Waals surface area contributed by atoms with Crippen molar-refractivity contribution < 1.29 is 36.2 Å². The quantitative estimate of drug-likeness (QED) is 0.265. The topological polar surface area (TPSA) is 71.3 Å². The van der Waals surface area contributed by atoms with E-state index in [-0.39, 0.29) is 12.6 Å². The summed E-state index contributed by atoms with van der Waals surface area (Å²) >= 11 is 11.8. The Hall–Kier alpha value is -3.18. The van der Waals surface area contributed by atoms with Crippen LogP contribution in [0.3, 0.4) is 0 Å². The number of hydrogen-bond donors (Lipinski definition) is 2. The van der Waals surface area contributed by atoms with Gasteiger partial charge < -0.3 is 15.0 Å². The van der Waals surface area contributed by atoms with E-state index in [0.29, 0.717) is 39.6 Å². The summed E-state index contributed by atoms with van der Waals surface area (Å²) in [4.78, 5) is 25.1. The molecule has 13 heteroatoms. The molecule has 37 heavy (non-hydrogen) atoms. The minimum Gasteiger partial charge on any atom is -0.502 e. The standard InChI is InChI=1S/C24H18Cl2F6N2O3/c1-34-19(13-8-14(23(27,28)29)10-15(9-13)24(30,31)32)11-16(20(35)22(34)37)21(36)33-6-2-3-12-4-5-17(25)18(26)7-12/h4-5,7-11,35H,2-3,6H2,1H3,(H,33,36). The fourth-order valence-electron chi connectivity index (χ4n) is 3.52. The van der Waals surface area contributed by atoms with Crippen LogP contribution in [0.5, 0.6) is 5.75 Å². The molecule has 0 aliphatic heterocycles. The first kappa shape index (κ1) is 28.4. The molecule has 3 aromatic rings. The summed E-state index contributed by atoms with van der Waals surface area (Å²) in [6, 6.07) is 6.66. The molecular weight excluding hydrogens is 549 g/mol. The van der Waals surface area contributed by atoms with Gasteiger partial charge in [0, 0.05) is 13.6 Å². The smallest absolute Gasteiger partial charge is 0.416 e. The highest BCUT2D eigenvalue weighted by atomic mass is 35.5. The van der Waals surface area contributed by atoms with Gasteiger partial charge in [0.2, 0.25) is 0 Å². The van der Waals surface area contributed by atoms with E-state index >= 15 is 0 Å². The van der Waals surface area contributed by atoms with Crippen molar-refractivity contribution in [3.63, 3.8) is 0 Å². The molecule has 0 unspecified atom stereocenters. The van der Waals surface area contributed by atoms with Gasteiger partial charge in [-0.05, 0) is 60.4 Å². The lowest BCUT2D eigenvalue weighted by Gasteiger charge is -2.17. The fourth-order valence-corrected chi connectivity index (χ4v) is 3.84. The van der Waals surface area contributed by atoms with Crippen molar-refractivity contribution in [1.29, 1.82) is 0 Å². The van der Waals surface area contributed by atoms with E-state index in [1.165, 1.54) is 0 Å². The van der Waals surface area contributed by atoms with Crippen molar-refractivity contribution in [2.24, 2.45) is 7.05 Å². The first-order valence-corrected chi connectivity index (χ1v) is 11.3. The zero-order chi connectivity index (χ0) is 27.7. The van der Waals surface area contributed by atoms with E-state index in [4.69, 9.17) is 23.2 Å². The number of amides is 1. The van der Waals surface area contributed by atoms with Crippen LogP contribution in [0.2, 0.25) is 10.0 Å². The summed E-state index contributed by atoms with van der Waals surface area (Å²) in [5.74, 6) is -1.94. The molecule has 0 atom stereocenters. The number of aryl methyl sites for hydroxylation is 1. The summed E-state index contributed by atoms with van der Waals surface area (Å²) in [6.45, 7) is 0.0742. The molecule has 0 radical (unpaired) electrons. The third-order valence-electron chi connectivity index (χ3n) is 5.44. The molecule has 5 nitrogen and oxygen atoms in total. The lowest BCUT2D eigenvalue weighted by molar-refractivity contribution is -0.143. The molecule has 0 aliphatic carbocycles. The van der Waals surface area contributed by atoms with Gasteiger partial charge >= 0.3 is 12.4 Å². The zero-order valence-corrected chi connectivity index (χ0v) is 20.4. The Bertz CT molecular complexity index is 1370. The Balaban J connectivity index is 1.91. The summed E-state index contributed by atoms with van der Waals surface area (Å²) in [6.07, 6.45) is -9.33. The minimum absolute atomic E-state index is 0.0521. The number of carbonyl (C=O) groups is 1. The predicted octanol–water partition coefficient (Wildman–Crippen LogP) is 6.46. The molecule has 0 spiro atoms. The Kier molecular flexibility index (Phi) is 8.18. The second kappa shape index (κ2) is 10.7. The molecule has 0 fully saturated rings. The van der Waals surface area contributed by atoms with Crippen LogP contribution in [0.25, 0.3) is 11.3 Å². The number of benzene rings is 2. The average molecular weight is 567 g/mol. The maximum absolute atomic E-state index is 13.3. The molecule has 0 aliphatic rings. The summed E-state index contributed by atoms with van der Waals surface area (Å²) in [5, 5.41) is 13.4. The van der Waals surface area contributed by atoms with Crippen molar-refractivity contribution in [2.75, 3.05) is 6.54 Å². The van der Waals surface area contributed by atoms with Gasteiger partial charge in [-0.15, -0.1) is 0 Å². The number of aromatic nitrogens is 1. The highest BCUT2D eigenvalue weighted by Gasteiger charge is 2.37. The number of nitrogens with zero attached hydrogens (tertiary/aromatic N) is 1. The number of carbonyl (C=O) groups excluding carboxylic acids is 1. The molecule has 2 aromatic carbocycles. The van der Waals surface area contributed by atoms with Crippen molar-refractivity contribution in [1.82, 2.24) is 9.88 Å². The Morgan fingerprint density at radius 3 is 2.08 bits per heavy atom. The molecule has 1 aromatic heterocycles. The van der Waals surface area contributed by atoms with Crippen LogP contribution in [0.1, 0.15) is 33.5 Å². The molecular formula is C24H18Cl2F6N2O3. The molecule has 198 valence electrons. The van der Waals surface area contributed by atoms with Crippen molar-refractivity contribution in [3.8, 4) is 17.0 Å². The van der Waals surface area contributed by atoms with E-state index in [2.05, 4.69) is 5.32 Å². The Morgan fingerprint density at radius 1 is 0.946 bits per heavy atom. The largest absolute Gasteiger partial charge is 0.502 e. The monoisotopic (exact) mass is 566 g/mol. The van der Waals surface area contributed by atoms with Crippen LogP contribution >= 0.6 is 23.2 Å². The molecule has 1 heterocycles. The Labute approximate surface area is 216 Å². The van der Waals surface area contributed by atoms with Crippen LogP contribution in [-0.2, 0) is 25.8 Å². The SMILES string of the molecule is Cn1c(-c2cc(C(F)(F)F)cc(C(F)(F)F)c2)cc(C(=O)NCCCc2ccc(Cl)c(Cl)c2)c(O)c1=O. The summed E-state index contributed by atoms with van der Waals surface area (Å²) in [7, 11) is 1.05. The van der Waals surface area contributed by atoms with Gasteiger partial charge in [-0.3, -0.25) is 9.59 Å². The van der Waals surface area contributed by atoms with Crippen molar-refractivity contribution >= 4 is 29.1 Å². The number of halogens is 8. The molecule has 3 rings (SSSR count). The first-order valence-electron chi connectivity index (χ1n) is 10.5. The summed E-state index contributed by atoms with van der Waals surface area (Å²) < 4.78 is 80.4. The maximum Gasteiger partial charge on any atom is 0.416 e. The molecule has 0 bridgehead atoms. The average Bonchev–Trinajstić information content (AvgIpc) is 2.81. The second-order valence-corrected chi connectivity index (χ2v) is 8.87. The van der Waals surface area contributed by atoms with Gasteiger partial charge in [0.15, 0.2) is 5.75 Å². The van der Waals surface area contributed by atoms with Gasteiger partial charge in [-0.1, -0.05) is 29.3 Å². The van der Waals surface area contributed by atoms with Gasteiger partial charge in [0.05, 0.1) is 32.4 Å². The van der Waals surface area contributed by atoms with E-state index in [0.717, 1.165) is 18.7 Å². The minimum atomic E-state index is -5.11. The van der Waals surface area contributed by atoms with E-state index < -0.39 is 57.5 Å².